The second kappa shape index (κ2) is 6.70. The van der Waals surface area contributed by atoms with Crippen LogP contribution in [0.1, 0.15) is 38.7 Å². The highest BCUT2D eigenvalue weighted by Gasteiger charge is 2.27. The Morgan fingerprint density at radius 2 is 2.16 bits per heavy atom. The molecule has 2 rings (SSSR count). The number of hydrogen-bond donors (Lipinski definition) is 2. The van der Waals surface area contributed by atoms with Crippen molar-refractivity contribution in [1.29, 1.82) is 0 Å². The van der Waals surface area contributed by atoms with Crippen LogP contribution in [0.15, 0.2) is 6.33 Å². The van der Waals surface area contributed by atoms with Gasteiger partial charge in [-0.05, 0) is 25.8 Å². The minimum absolute atomic E-state index is 0.605. The van der Waals surface area contributed by atoms with Gasteiger partial charge in [0.15, 0.2) is 0 Å². The van der Waals surface area contributed by atoms with E-state index in [4.69, 9.17) is 5.73 Å². The van der Waals surface area contributed by atoms with E-state index in [0.29, 0.717) is 5.82 Å². The molecule has 0 unspecified atom stereocenters. The lowest BCUT2D eigenvalue weighted by Crippen LogP contribution is -2.31. The van der Waals surface area contributed by atoms with E-state index in [0.717, 1.165) is 49.9 Å². The Balaban J connectivity index is 1.89. The molecule has 0 spiro atoms. The maximum Gasteiger partial charge on any atom is 0.134 e. The molecule has 0 saturated heterocycles. The third-order valence-corrected chi connectivity index (χ3v) is 3.64. The third-order valence-electron chi connectivity index (χ3n) is 3.64. The summed E-state index contributed by atoms with van der Waals surface area (Å²) in [5, 5.41) is 3.41. The number of nitrogens with two attached hydrogens (primary N) is 1. The van der Waals surface area contributed by atoms with Crippen LogP contribution in [0, 0.1) is 0 Å². The lowest BCUT2D eigenvalue weighted by atomic mass is 10.1. The van der Waals surface area contributed by atoms with Crippen molar-refractivity contribution in [2.24, 2.45) is 0 Å². The molecule has 5 heteroatoms. The molecule has 0 amide bonds. The Morgan fingerprint density at radius 3 is 2.79 bits per heavy atom. The first kappa shape index (κ1) is 14.1. The van der Waals surface area contributed by atoms with Crippen molar-refractivity contribution in [2.75, 3.05) is 30.7 Å². The van der Waals surface area contributed by atoms with Crippen LogP contribution in [0.3, 0.4) is 0 Å². The molecular weight excluding hydrogens is 238 g/mol. The zero-order valence-electron chi connectivity index (χ0n) is 12.0. The van der Waals surface area contributed by atoms with E-state index in [1.165, 1.54) is 19.2 Å². The van der Waals surface area contributed by atoms with E-state index < -0.39 is 0 Å². The monoisotopic (exact) mass is 263 g/mol. The molecular formula is C14H25N5. The van der Waals surface area contributed by atoms with Gasteiger partial charge in [0.05, 0.1) is 0 Å². The van der Waals surface area contributed by atoms with Crippen molar-refractivity contribution in [3.8, 4) is 0 Å². The predicted molar refractivity (Wildman–Crippen MR) is 79.2 cm³/mol. The highest BCUT2D eigenvalue weighted by molar-refractivity contribution is 5.54. The summed E-state index contributed by atoms with van der Waals surface area (Å²) in [4.78, 5) is 10.9. The van der Waals surface area contributed by atoms with Crippen molar-refractivity contribution in [2.45, 2.75) is 45.6 Å². The first-order valence-corrected chi connectivity index (χ1v) is 7.33. The van der Waals surface area contributed by atoms with Crippen molar-refractivity contribution in [1.82, 2.24) is 14.9 Å². The number of nitrogen functional groups attached to an aromatic ring is 1. The third kappa shape index (κ3) is 3.80. The van der Waals surface area contributed by atoms with E-state index in [-0.39, 0.29) is 0 Å². The molecule has 3 N–H and O–H groups in total. The number of nitrogens with zero attached hydrogens (tertiary/aromatic N) is 3. The number of aromatic nitrogens is 2. The SMILES string of the molecule is CCCc1c(N)ncnc1NCCN(CC)C1CC1. The molecule has 19 heavy (non-hydrogen) atoms. The van der Waals surface area contributed by atoms with Gasteiger partial charge in [0.1, 0.15) is 18.0 Å². The van der Waals surface area contributed by atoms with Crippen LogP contribution < -0.4 is 11.1 Å². The highest BCUT2D eigenvalue weighted by Crippen LogP contribution is 2.26. The van der Waals surface area contributed by atoms with Crippen LogP contribution in [0.2, 0.25) is 0 Å². The molecule has 0 bridgehead atoms. The summed E-state index contributed by atoms with van der Waals surface area (Å²) in [5.41, 5.74) is 6.98. The van der Waals surface area contributed by atoms with Gasteiger partial charge in [-0.1, -0.05) is 20.3 Å². The first-order valence-electron chi connectivity index (χ1n) is 7.33. The van der Waals surface area contributed by atoms with Gasteiger partial charge < -0.3 is 11.1 Å². The number of rotatable bonds is 8. The fourth-order valence-corrected chi connectivity index (χ4v) is 2.43. The van der Waals surface area contributed by atoms with Gasteiger partial charge in [0.2, 0.25) is 0 Å². The predicted octanol–water partition coefficient (Wildman–Crippen LogP) is 1.91. The van der Waals surface area contributed by atoms with Crippen LogP contribution >= 0.6 is 0 Å². The van der Waals surface area contributed by atoms with Gasteiger partial charge >= 0.3 is 0 Å². The molecule has 1 aromatic rings. The van der Waals surface area contributed by atoms with Gasteiger partial charge in [-0.25, -0.2) is 9.97 Å². The minimum atomic E-state index is 0.605. The smallest absolute Gasteiger partial charge is 0.134 e. The maximum absolute atomic E-state index is 5.92. The van der Waals surface area contributed by atoms with Crippen LogP contribution in [0.4, 0.5) is 11.6 Å². The van der Waals surface area contributed by atoms with Gasteiger partial charge in [0, 0.05) is 24.7 Å². The molecule has 0 aromatic carbocycles. The van der Waals surface area contributed by atoms with Crippen LogP contribution in [0.25, 0.3) is 0 Å². The van der Waals surface area contributed by atoms with Gasteiger partial charge in [-0.3, -0.25) is 4.90 Å². The van der Waals surface area contributed by atoms with Crippen molar-refractivity contribution in [3.63, 3.8) is 0 Å². The Labute approximate surface area is 115 Å². The Kier molecular flexibility index (Phi) is 4.96. The van der Waals surface area contributed by atoms with Gasteiger partial charge in [-0.15, -0.1) is 0 Å². The number of nitrogens with one attached hydrogen (secondary N) is 1. The van der Waals surface area contributed by atoms with Crippen LogP contribution in [0.5, 0.6) is 0 Å². The molecule has 5 nitrogen and oxygen atoms in total. The molecule has 0 atom stereocenters. The largest absolute Gasteiger partial charge is 0.383 e. The summed E-state index contributed by atoms with van der Waals surface area (Å²) in [5.74, 6) is 1.51. The molecule has 1 aliphatic rings. The van der Waals surface area contributed by atoms with Crippen molar-refractivity contribution >= 4 is 11.6 Å². The Morgan fingerprint density at radius 1 is 1.37 bits per heavy atom. The highest BCUT2D eigenvalue weighted by atomic mass is 15.2. The van der Waals surface area contributed by atoms with E-state index in [1.54, 1.807) is 0 Å². The van der Waals surface area contributed by atoms with E-state index >= 15 is 0 Å². The molecule has 0 radical (unpaired) electrons. The van der Waals surface area contributed by atoms with E-state index in [9.17, 15) is 0 Å². The van der Waals surface area contributed by atoms with Crippen LogP contribution in [-0.2, 0) is 6.42 Å². The minimum Gasteiger partial charge on any atom is -0.383 e. The van der Waals surface area contributed by atoms with Gasteiger partial charge in [-0.2, -0.15) is 0 Å². The first-order chi connectivity index (χ1) is 9.26. The molecule has 1 fully saturated rings. The fourth-order valence-electron chi connectivity index (χ4n) is 2.43. The lowest BCUT2D eigenvalue weighted by molar-refractivity contribution is 0.289. The molecule has 1 saturated carbocycles. The van der Waals surface area contributed by atoms with Gasteiger partial charge in [0.25, 0.3) is 0 Å². The fraction of sp³-hybridized carbons (Fsp3) is 0.714. The topological polar surface area (TPSA) is 67.1 Å². The molecule has 1 heterocycles. The second-order valence-corrected chi connectivity index (χ2v) is 5.12. The lowest BCUT2D eigenvalue weighted by Gasteiger charge is -2.20. The summed E-state index contributed by atoms with van der Waals surface area (Å²) in [6.45, 7) is 7.47. The number of hydrogen-bond acceptors (Lipinski definition) is 5. The zero-order chi connectivity index (χ0) is 13.7. The summed E-state index contributed by atoms with van der Waals surface area (Å²) in [7, 11) is 0. The summed E-state index contributed by atoms with van der Waals surface area (Å²) in [6.07, 6.45) is 6.23. The zero-order valence-corrected chi connectivity index (χ0v) is 12.0. The van der Waals surface area contributed by atoms with Crippen molar-refractivity contribution in [3.05, 3.63) is 11.9 Å². The normalized spacial score (nSPS) is 14.9. The molecule has 1 aliphatic carbocycles. The molecule has 0 aliphatic heterocycles. The van der Waals surface area contributed by atoms with Crippen LogP contribution in [-0.4, -0.2) is 40.5 Å². The average molecular weight is 263 g/mol. The average Bonchev–Trinajstić information content (AvgIpc) is 3.23. The summed E-state index contributed by atoms with van der Waals surface area (Å²) >= 11 is 0. The summed E-state index contributed by atoms with van der Waals surface area (Å²) in [6, 6.07) is 0.817. The van der Waals surface area contributed by atoms with E-state index in [1.807, 2.05) is 0 Å². The quantitative estimate of drug-likeness (QED) is 0.750. The second-order valence-electron chi connectivity index (χ2n) is 5.12. The summed E-state index contributed by atoms with van der Waals surface area (Å²) < 4.78 is 0. The Bertz CT molecular complexity index is 403. The Hall–Kier alpha value is -1.36. The van der Waals surface area contributed by atoms with Crippen molar-refractivity contribution < 1.29 is 0 Å². The standard InChI is InChI=1S/C14H25N5/c1-3-5-12-13(15)17-10-18-14(12)16-8-9-19(4-2)11-6-7-11/h10-11H,3-9H2,1-2H3,(H3,15,16,17,18). The number of likely N-dealkylation sites (N-methyl/N-ethyl adjacent to an activating group) is 1. The molecule has 106 valence electrons. The number of anilines is 2. The maximum atomic E-state index is 5.92. The van der Waals surface area contributed by atoms with E-state index in [2.05, 4.69) is 34.0 Å². The molecule has 1 aromatic heterocycles.